The highest BCUT2D eigenvalue weighted by Gasteiger charge is 2.41. The summed E-state index contributed by atoms with van der Waals surface area (Å²) in [5, 5.41) is 0.941. The van der Waals surface area contributed by atoms with Gasteiger partial charge in [0.2, 0.25) is 0 Å². The van der Waals surface area contributed by atoms with Crippen LogP contribution in [0.2, 0.25) is 0 Å². The van der Waals surface area contributed by atoms with Crippen LogP contribution >= 0.6 is 0 Å². The lowest BCUT2D eigenvalue weighted by atomic mass is 10.1. The summed E-state index contributed by atoms with van der Waals surface area (Å²) in [6, 6.07) is 5.02. The Labute approximate surface area is 192 Å². The van der Waals surface area contributed by atoms with E-state index >= 15 is 0 Å². The van der Waals surface area contributed by atoms with Crippen LogP contribution in [0.3, 0.4) is 0 Å². The Bertz CT molecular complexity index is 1370. The van der Waals surface area contributed by atoms with Crippen LogP contribution in [0, 0.1) is 6.92 Å². The van der Waals surface area contributed by atoms with Crippen LogP contribution in [0.4, 0.5) is 0 Å². The third kappa shape index (κ3) is 3.15. The molecule has 0 aliphatic carbocycles. The van der Waals surface area contributed by atoms with Crippen molar-refractivity contribution >= 4 is 28.1 Å². The van der Waals surface area contributed by atoms with Gasteiger partial charge in [0.15, 0.2) is 5.65 Å². The van der Waals surface area contributed by atoms with E-state index in [0.29, 0.717) is 23.7 Å². The molecule has 0 spiro atoms. The monoisotopic (exact) mass is 443 g/mol. The molecule has 8 nitrogen and oxygen atoms in total. The fourth-order valence-corrected chi connectivity index (χ4v) is 5.84. The molecule has 2 aliphatic heterocycles. The first-order valence-corrected chi connectivity index (χ1v) is 11.7. The number of H-pyrrole nitrogens is 1. The molecule has 2 atom stereocenters. The number of aromatic amines is 1. The summed E-state index contributed by atoms with van der Waals surface area (Å²) < 4.78 is 2.21. The van der Waals surface area contributed by atoms with E-state index in [1.165, 1.54) is 0 Å². The van der Waals surface area contributed by atoms with Gasteiger partial charge in [0.25, 0.3) is 5.91 Å². The second-order valence-electron chi connectivity index (χ2n) is 9.83. The molecule has 2 unspecified atom stereocenters. The topological polar surface area (TPSA) is 82.9 Å². The lowest BCUT2D eigenvalue weighted by Gasteiger charge is -2.39. The minimum Gasteiger partial charge on any atom is -0.346 e. The largest absolute Gasteiger partial charge is 0.346 e. The molecule has 0 saturated carbocycles. The molecule has 1 amide bonds. The number of hydrogen-bond donors (Lipinski definition) is 1. The number of piperazine rings is 1. The van der Waals surface area contributed by atoms with Gasteiger partial charge >= 0.3 is 0 Å². The maximum Gasteiger partial charge on any atom is 0.256 e. The quantitative estimate of drug-likeness (QED) is 0.521. The van der Waals surface area contributed by atoms with E-state index in [0.717, 1.165) is 65.1 Å². The Morgan fingerprint density at radius 2 is 1.88 bits per heavy atom. The molecule has 0 aromatic carbocycles. The van der Waals surface area contributed by atoms with Gasteiger partial charge in [0.05, 0.1) is 11.1 Å². The second kappa shape index (κ2) is 7.38. The van der Waals surface area contributed by atoms with Crippen molar-refractivity contribution in [2.45, 2.75) is 51.7 Å². The first-order chi connectivity index (χ1) is 15.9. The number of amides is 1. The van der Waals surface area contributed by atoms with Gasteiger partial charge in [-0.1, -0.05) is 0 Å². The summed E-state index contributed by atoms with van der Waals surface area (Å²) in [7, 11) is 2.14. The average molecular weight is 444 g/mol. The molecule has 2 aliphatic rings. The second-order valence-corrected chi connectivity index (χ2v) is 9.83. The van der Waals surface area contributed by atoms with E-state index in [1.54, 1.807) is 6.20 Å². The number of fused-ring (bicyclic) bond motifs is 4. The maximum absolute atomic E-state index is 13.5. The lowest BCUT2D eigenvalue weighted by Crippen LogP contribution is -2.54. The summed E-state index contributed by atoms with van der Waals surface area (Å²) >= 11 is 0. The fourth-order valence-electron chi connectivity index (χ4n) is 5.84. The molecule has 0 radical (unpaired) electrons. The normalized spacial score (nSPS) is 21.1. The van der Waals surface area contributed by atoms with E-state index in [-0.39, 0.29) is 5.91 Å². The van der Waals surface area contributed by atoms with Crippen LogP contribution in [-0.4, -0.2) is 72.4 Å². The van der Waals surface area contributed by atoms with E-state index in [1.807, 2.05) is 25.4 Å². The number of pyridine rings is 2. The van der Waals surface area contributed by atoms with Crippen molar-refractivity contribution in [2.75, 3.05) is 20.1 Å². The number of carbonyl (C=O) groups excluding carboxylic acids is 1. The molecule has 6 rings (SSSR count). The number of nitrogens with one attached hydrogen (secondary N) is 1. The highest BCUT2D eigenvalue weighted by molar-refractivity contribution is 6.01. The molecule has 4 aromatic heterocycles. The van der Waals surface area contributed by atoms with Crippen molar-refractivity contribution in [1.82, 2.24) is 34.3 Å². The number of rotatable bonds is 3. The summed E-state index contributed by atoms with van der Waals surface area (Å²) in [4.78, 5) is 35.0. The molecule has 2 bridgehead atoms. The molecule has 6 heterocycles. The van der Waals surface area contributed by atoms with Crippen LogP contribution in [0.15, 0.2) is 30.7 Å². The van der Waals surface area contributed by atoms with E-state index in [4.69, 9.17) is 0 Å². The van der Waals surface area contributed by atoms with Crippen molar-refractivity contribution in [3.63, 3.8) is 0 Å². The highest BCUT2D eigenvalue weighted by Crippen LogP contribution is 2.34. The lowest BCUT2D eigenvalue weighted by molar-refractivity contribution is 0.0472. The SMILES string of the molecule is Cc1nc2ncc(-c3c[nH]c4ncc(C(=O)N5C6CCC5CN(C)C6)cc34)cc2n1C(C)C. The summed E-state index contributed by atoms with van der Waals surface area (Å²) in [6.07, 6.45) is 7.69. The first-order valence-electron chi connectivity index (χ1n) is 11.7. The maximum atomic E-state index is 13.5. The predicted octanol–water partition coefficient (Wildman–Crippen LogP) is 3.78. The predicted molar refractivity (Wildman–Crippen MR) is 128 cm³/mol. The molecule has 170 valence electrons. The number of aryl methyl sites for hydroxylation is 1. The van der Waals surface area contributed by atoms with Gasteiger partial charge < -0.3 is 19.4 Å². The van der Waals surface area contributed by atoms with Crippen molar-refractivity contribution < 1.29 is 4.79 Å². The van der Waals surface area contributed by atoms with Crippen LogP contribution in [0.1, 0.15) is 48.9 Å². The van der Waals surface area contributed by atoms with Gasteiger partial charge in [-0.3, -0.25) is 4.79 Å². The van der Waals surface area contributed by atoms with Gasteiger partial charge in [-0.2, -0.15) is 0 Å². The number of nitrogens with zero attached hydrogens (tertiary/aromatic N) is 6. The van der Waals surface area contributed by atoms with Crippen LogP contribution in [-0.2, 0) is 0 Å². The van der Waals surface area contributed by atoms with Gasteiger partial charge in [-0.05, 0) is 52.8 Å². The van der Waals surface area contributed by atoms with Gasteiger partial charge in [-0.15, -0.1) is 0 Å². The Kier molecular flexibility index (Phi) is 4.55. The number of aromatic nitrogens is 5. The minimum atomic E-state index is 0.0965. The first kappa shape index (κ1) is 20.4. The third-order valence-corrected chi connectivity index (χ3v) is 7.23. The van der Waals surface area contributed by atoms with E-state index in [2.05, 4.69) is 61.3 Å². The highest BCUT2D eigenvalue weighted by atomic mass is 16.2. The number of carbonyl (C=O) groups is 1. The molecule has 2 fully saturated rings. The Balaban J connectivity index is 1.41. The standard InChI is InChI=1S/C25H29N7O/c1-14(2)31-15(3)29-24-22(31)8-16(9-27-24)21-11-28-23-20(21)7-17(10-26-23)25(33)32-18-5-6-19(32)13-30(4)12-18/h7-11,14,18-19H,5-6,12-13H2,1-4H3,(H,26,28). The van der Waals surface area contributed by atoms with Crippen LogP contribution in [0.25, 0.3) is 33.3 Å². The third-order valence-electron chi connectivity index (χ3n) is 7.23. The molecule has 4 aromatic rings. The van der Waals surface area contributed by atoms with E-state index in [9.17, 15) is 4.79 Å². The van der Waals surface area contributed by atoms with Gasteiger partial charge in [0.1, 0.15) is 11.5 Å². The number of likely N-dealkylation sites (N-methyl/N-ethyl adjacent to an activating group) is 1. The van der Waals surface area contributed by atoms with Crippen LogP contribution in [0.5, 0.6) is 0 Å². The van der Waals surface area contributed by atoms with Crippen LogP contribution < -0.4 is 0 Å². The zero-order valence-electron chi connectivity index (χ0n) is 19.5. The number of imidazole rings is 1. The van der Waals surface area contributed by atoms with Crippen molar-refractivity contribution in [1.29, 1.82) is 0 Å². The Hall–Kier alpha value is -3.26. The molecule has 33 heavy (non-hydrogen) atoms. The number of hydrogen-bond acceptors (Lipinski definition) is 5. The van der Waals surface area contributed by atoms with Crippen molar-refractivity contribution in [2.24, 2.45) is 0 Å². The van der Waals surface area contributed by atoms with Crippen molar-refractivity contribution in [3.05, 3.63) is 42.1 Å². The van der Waals surface area contributed by atoms with E-state index < -0.39 is 0 Å². The van der Waals surface area contributed by atoms with Gasteiger partial charge in [-0.25, -0.2) is 15.0 Å². The zero-order chi connectivity index (χ0) is 22.9. The Morgan fingerprint density at radius 1 is 1.12 bits per heavy atom. The average Bonchev–Trinajstić information content (AvgIpc) is 3.43. The molecular weight excluding hydrogens is 414 g/mol. The zero-order valence-corrected chi connectivity index (χ0v) is 19.5. The van der Waals surface area contributed by atoms with Gasteiger partial charge in [0, 0.05) is 66.3 Å². The Morgan fingerprint density at radius 3 is 2.61 bits per heavy atom. The molecule has 8 heteroatoms. The summed E-state index contributed by atoms with van der Waals surface area (Å²) in [6.45, 7) is 8.21. The summed E-state index contributed by atoms with van der Waals surface area (Å²) in [5.74, 6) is 1.05. The molecule has 1 N–H and O–H groups in total. The molecular formula is C25H29N7O. The number of likely N-dealkylation sites (tertiary alicyclic amines) is 1. The minimum absolute atomic E-state index is 0.0965. The summed E-state index contributed by atoms with van der Waals surface area (Å²) in [5.41, 5.74) is 5.19. The fraction of sp³-hybridized carbons (Fsp3) is 0.440. The smallest absolute Gasteiger partial charge is 0.256 e. The van der Waals surface area contributed by atoms with Crippen molar-refractivity contribution in [3.8, 4) is 11.1 Å². The molecule has 2 saturated heterocycles.